The van der Waals surface area contributed by atoms with Gasteiger partial charge in [-0.3, -0.25) is 4.79 Å². The summed E-state index contributed by atoms with van der Waals surface area (Å²) < 4.78 is 50.9. The Morgan fingerprint density at radius 1 is 1.14 bits per heavy atom. The summed E-state index contributed by atoms with van der Waals surface area (Å²) in [5.74, 6) is -0.462. The van der Waals surface area contributed by atoms with E-state index in [9.17, 15) is 17.6 Å². The van der Waals surface area contributed by atoms with Gasteiger partial charge in [-0.25, -0.2) is 12.8 Å². The van der Waals surface area contributed by atoms with Crippen molar-refractivity contribution in [1.82, 2.24) is 4.31 Å². The summed E-state index contributed by atoms with van der Waals surface area (Å²) in [7, 11) is -2.23. The van der Waals surface area contributed by atoms with E-state index in [1.807, 2.05) is 0 Å². The summed E-state index contributed by atoms with van der Waals surface area (Å²) in [6, 6.07) is 9.78. The number of amides is 1. The van der Waals surface area contributed by atoms with E-state index in [-0.39, 0.29) is 22.9 Å². The highest BCUT2D eigenvalue weighted by molar-refractivity contribution is 7.89. The number of benzene rings is 2. The van der Waals surface area contributed by atoms with E-state index in [2.05, 4.69) is 5.32 Å². The highest BCUT2D eigenvalue weighted by atomic mass is 32.2. The van der Waals surface area contributed by atoms with E-state index in [0.717, 1.165) is 19.3 Å². The van der Waals surface area contributed by atoms with Gasteiger partial charge in [0.25, 0.3) is 5.91 Å². The summed E-state index contributed by atoms with van der Waals surface area (Å²) in [6.07, 6.45) is 2.67. The molecule has 0 atom stereocenters. The van der Waals surface area contributed by atoms with Crippen molar-refractivity contribution in [3.05, 3.63) is 48.3 Å². The van der Waals surface area contributed by atoms with E-state index in [4.69, 9.17) is 9.47 Å². The smallest absolute Gasteiger partial charge is 0.262 e. The first-order chi connectivity index (χ1) is 13.9. The van der Waals surface area contributed by atoms with E-state index in [0.29, 0.717) is 18.8 Å². The van der Waals surface area contributed by atoms with Crippen LogP contribution in [-0.2, 0) is 14.8 Å². The van der Waals surface area contributed by atoms with Gasteiger partial charge in [-0.05, 0) is 43.2 Å². The van der Waals surface area contributed by atoms with Gasteiger partial charge in [-0.1, -0.05) is 12.5 Å². The van der Waals surface area contributed by atoms with Crippen molar-refractivity contribution in [2.24, 2.45) is 0 Å². The Balaban J connectivity index is 1.73. The number of hydrogen-bond acceptors (Lipinski definition) is 5. The lowest BCUT2D eigenvalue weighted by Crippen LogP contribution is -2.35. The van der Waals surface area contributed by atoms with E-state index in [1.165, 1.54) is 53.9 Å². The minimum atomic E-state index is -3.65. The van der Waals surface area contributed by atoms with Crippen molar-refractivity contribution in [3.8, 4) is 11.5 Å². The number of carbonyl (C=O) groups is 1. The molecule has 9 heteroatoms. The molecule has 3 rings (SSSR count). The number of rotatable bonds is 7. The fraction of sp³-hybridized carbons (Fsp3) is 0.350. The van der Waals surface area contributed by atoms with E-state index < -0.39 is 21.7 Å². The molecule has 1 amide bonds. The van der Waals surface area contributed by atoms with Gasteiger partial charge in [0, 0.05) is 19.2 Å². The molecule has 0 saturated carbocycles. The third-order valence-electron chi connectivity index (χ3n) is 4.56. The summed E-state index contributed by atoms with van der Waals surface area (Å²) in [6.45, 7) is 0.602. The molecule has 1 aliphatic heterocycles. The average molecular weight is 422 g/mol. The predicted octanol–water partition coefficient (Wildman–Crippen LogP) is 3.03. The number of sulfonamides is 1. The first-order valence-electron chi connectivity index (χ1n) is 9.26. The lowest BCUT2D eigenvalue weighted by molar-refractivity contribution is -0.118. The lowest BCUT2D eigenvalue weighted by Gasteiger charge is -2.26. The zero-order valence-electron chi connectivity index (χ0n) is 16.1. The van der Waals surface area contributed by atoms with Crippen LogP contribution < -0.4 is 14.8 Å². The fourth-order valence-corrected chi connectivity index (χ4v) is 4.64. The standard InChI is InChI=1S/C20H23FN2O5S/c1-27-19-9-8-17(29(25,26)23-10-3-2-4-11-23)13-18(19)22-20(24)14-28-16-7-5-6-15(21)12-16/h5-9,12-13H,2-4,10-11,14H2,1H3,(H,22,24). The van der Waals surface area contributed by atoms with Crippen molar-refractivity contribution < 1.29 is 27.1 Å². The third kappa shape index (κ3) is 5.24. The zero-order valence-corrected chi connectivity index (χ0v) is 16.9. The monoisotopic (exact) mass is 422 g/mol. The quantitative estimate of drug-likeness (QED) is 0.741. The van der Waals surface area contributed by atoms with Crippen LogP contribution in [0, 0.1) is 5.82 Å². The number of methoxy groups -OCH3 is 1. The van der Waals surface area contributed by atoms with Crippen LogP contribution in [0.4, 0.5) is 10.1 Å². The number of carbonyl (C=O) groups excluding carboxylic acids is 1. The normalized spacial score (nSPS) is 15.0. The Kier molecular flexibility index (Phi) is 6.71. The molecule has 2 aromatic rings. The highest BCUT2D eigenvalue weighted by Crippen LogP contribution is 2.30. The van der Waals surface area contributed by atoms with Crippen LogP contribution in [0.25, 0.3) is 0 Å². The molecular formula is C20H23FN2O5S. The fourth-order valence-electron chi connectivity index (χ4n) is 3.09. The number of piperidine rings is 1. The topological polar surface area (TPSA) is 84.9 Å². The molecule has 0 radical (unpaired) electrons. The summed E-state index contributed by atoms with van der Waals surface area (Å²) >= 11 is 0. The van der Waals surface area contributed by atoms with Crippen LogP contribution >= 0.6 is 0 Å². The third-order valence-corrected chi connectivity index (χ3v) is 6.46. The van der Waals surface area contributed by atoms with Crippen LogP contribution in [0.3, 0.4) is 0 Å². The van der Waals surface area contributed by atoms with Gasteiger partial charge in [0.1, 0.15) is 17.3 Å². The van der Waals surface area contributed by atoms with Crippen molar-refractivity contribution >= 4 is 21.6 Å². The molecule has 1 fully saturated rings. The zero-order chi connectivity index (χ0) is 20.9. The number of anilines is 1. The lowest BCUT2D eigenvalue weighted by atomic mass is 10.2. The Bertz CT molecular complexity index is 975. The molecule has 156 valence electrons. The van der Waals surface area contributed by atoms with Crippen LogP contribution in [0.1, 0.15) is 19.3 Å². The molecule has 1 aliphatic rings. The summed E-state index contributed by atoms with van der Waals surface area (Å²) in [5.41, 5.74) is 0.221. The molecule has 0 unspecified atom stereocenters. The maximum Gasteiger partial charge on any atom is 0.262 e. The largest absolute Gasteiger partial charge is 0.495 e. The van der Waals surface area contributed by atoms with Gasteiger partial charge in [-0.15, -0.1) is 0 Å². The van der Waals surface area contributed by atoms with Crippen LogP contribution in [0.2, 0.25) is 0 Å². The van der Waals surface area contributed by atoms with Crippen molar-refractivity contribution in [3.63, 3.8) is 0 Å². The van der Waals surface area contributed by atoms with Crippen LogP contribution in [0.15, 0.2) is 47.4 Å². The molecule has 1 heterocycles. The first kappa shape index (κ1) is 21.1. The van der Waals surface area contributed by atoms with Crippen molar-refractivity contribution in [2.45, 2.75) is 24.2 Å². The molecule has 1 N–H and O–H groups in total. The number of ether oxygens (including phenoxy) is 2. The second-order valence-electron chi connectivity index (χ2n) is 6.62. The predicted molar refractivity (Wildman–Crippen MR) is 106 cm³/mol. The summed E-state index contributed by atoms with van der Waals surface area (Å²) in [4.78, 5) is 12.3. The minimum absolute atomic E-state index is 0.0848. The Morgan fingerprint density at radius 3 is 2.59 bits per heavy atom. The molecule has 0 bridgehead atoms. The molecule has 2 aromatic carbocycles. The maximum atomic E-state index is 13.2. The number of halogens is 1. The average Bonchev–Trinajstić information content (AvgIpc) is 2.73. The second-order valence-corrected chi connectivity index (χ2v) is 8.56. The Labute approximate surface area is 169 Å². The molecule has 29 heavy (non-hydrogen) atoms. The Morgan fingerprint density at radius 2 is 1.90 bits per heavy atom. The molecule has 0 aliphatic carbocycles. The number of nitrogens with zero attached hydrogens (tertiary/aromatic N) is 1. The molecule has 1 saturated heterocycles. The van der Waals surface area contributed by atoms with Gasteiger partial charge in [0.2, 0.25) is 10.0 Å². The van der Waals surface area contributed by atoms with Gasteiger partial charge in [0.05, 0.1) is 17.7 Å². The molecule has 0 spiro atoms. The molecule has 0 aromatic heterocycles. The maximum absolute atomic E-state index is 13.2. The highest BCUT2D eigenvalue weighted by Gasteiger charge is 2.27. The minimum Gasteiger partial charge on any atom is -0.495 e. The SMILES string of the molecule is COc1ccc(S(=O)(=O)N2CCCCC2)cc1NC(=O)COc1cccc(F)c1. The van der Waals surface area contributed by atoms with Gasteiger partial charge < -0.3 is 14.8 Å². The number of nitrogens with one attached hydrogen (secondary N) is 1. The van der Waals surface area contributed by atoms with Crippen LogP contribution in [-0.4, -0.2) is 45.4 Å². The molecular weight excluding hydrogens is 399 g/mol. The van der Waals surface area contributed by atoms with E-state index in [1.54, 1.807) is 0 Å². The van der Waals surface area contributed by atoms with Crippen LogP contribution in [0.5, 0.6) is 11.5 Å². The van der Waals surface area contributed by atoms with Crippen molar-refractivity contribution in [2.75, 3.05) is 32.1 Å². The molecule has 7 nitrogen and oxygen atoms in total. The second kappa shape index (κ2) is 9.23. The summed E-state index contributed by atoms with van der Waals surface area (Å²) in [5, 5.41) is 2.60. The van der Waals surface area contributed by atoms with Crippen molar-refractivity contribution in [1.29, 1.82) is 0 Å². The number of hydrogen-bond donors (Lipinski definition) is 1. The van der Waals surface area contributed by atoms with Gasteiger partial charge in [0.15, 0.2) is 6.61 Å². The van der Waals surface area contributed by atoms with Gasteiger partial charge in [-0.2, -0.15) is 4.31 Å². The van der Waals surface area contributed by atoms with E-state index >= 15 is 0 Å². The first-order valence-corrected chi connectivity index (χ1v) is 10.7. The van der Waals surface area contributed by atoms with Gasteiger partial charge >= 0.3 is 0 Å². The Hall–Kier alpha value is -2.65.